The Morgan fingerprint density at radius 1 is 0.393 bits per heavy atom. The summed E-state index contributed by atoms with van der Waals surface area (Å²) in [5, 5.41) is 5.04. The van der Waals surface area contributed by atoms with Crippen molar-refractivity contribution in [3.05, 3.63) is 191 Å². The van der Waals surface area contributed by atoms with Crippen LogP contribution < -0.4 is 0 Å². The van der Waals surface area contributed by atoms with Crippen LogP contribution in [0.1, 0.15) is 74.9 Å². The summed E-state index contributed by atoms with van der Waals surface area (Å²) in [6.07, 6.45) is 0. The van der Waals surface area contributed by atoms with Gasteiger partial charge in [-0.05, 0) is 105 Å². The van der Waals surface area contributed by atoms with E-state index in [0.29, 0.717) is 0 Å². The van der Waals surface area contributed by atoms with E-state index in [2.05, 4.69) is 222 Å². The van der Waals surface area contributed by atoms with Crippen LogP contribution in [0.4, 0.5) is 0 Å². The zero-order valence-electron chi connectivity index (χ0n) is 36.3. The molecule has 0 fully saturated rings. The Hall–Kier alpha value is -6.78. The molecule has 298 valence electrons. The highest BCUT2D eigenvalue weighted by Gasteiger charge is 2.48. The van der Waals surface area contributed by atoms with Crippen molar-refractivity contribution in [1.29, 1.82) is 0 Å². The van der Waals surface area contributed by atoms with E-state index in [4.69, 9.17) is 9.97 Å². The molecule has 4 aromatic heterocycles. The monoisotopic (exact) mass is 790 g/mol. The standard InChI is InChI=1S/C57H50N4/c1-55(2,3)37-19-27-49-41(31-37)43-33-39(21-29-51(43)60(49)7)57(40-22-30-52-44(34-40)42-32-38(56(4,5)6)20-28-50(42)61(52)8)45-23-25-47(35-15-11-9-12-16-35)58-53(45)54-46(57)24-26-48(59-54)36-17-13-10-14-18-36/h9-34H,1-8H3. The smallest absolute Gasteiger partial charge is 0.0945 e. The maximum atomic E-state index is 5.59. The summed E-state index contributed by atoms with van der Waals surface area (Å²) in [5.74, 6) is 0. The average Bonchev–Trinajstić information content (AvgIpc) is 3.84. The molecule has 1 aliphatic rings. The third-order valence-corrected chi connectivity index (χ3v) is 13.6. The second kappa shape index (κ2) is 13.1. The number of fused-ring (bicyclic) bond motifs is 9. The topological polar surface area (TPSA) is 35.6 Å². The Morgan fingerprint density at radius 3 is 1.13 bits per heavy atom. The van der Waals surface area contributed by atoms with Crippen molar-refractivity contribution in [2.75, 3.05) is 0 Å². The molecule has 1 aliphatic carbocycles. The highest BCUT2D eigenvalue weighted by atomic mass is 14.9. The number of benzene rings is 6. The number of nitrogens with zero attached hydrogens (tertiary/aromatic N) is 4. The largest absolute Gasteiger partial charge is 0.344 e. The van der Waals surface area contributed by atoms with Gasteiger partial charge in [0.15, 0.2) is 0 Å². The first-order valence-electron chi connectivity index (χ1n) is 21.5. The number of aromatic nitrogens is 4. The highest BCUT2D eigenvalue weighted by Crippen LogP contribution is 2.57. The van der Waals surface area contributed by atoms with Crippen LogP contribution in [0.25, 0.3) is 77.5 Å². The van der Waals surface area contributed by atoms with Gasteiger partial charge in [-0.3, -0.25) is 0 Å². The minimum absolute atomic E-state index is 0.0174. The molecule has 0 spiro atoms. The van der Waals surface area contributed by atoms with E-state index < -0.39 is 5.41 Å². The maximum Gasteiger partial charge on any atom is 0.0945 e. The Bertz CT molecular complexity index is 3160. The zero-order valence-corrected chi connectivity index (χ0v) is 36.3. The van der Waals surface area contributed by atoms with Gasteiger partial charge in [0.2, 0.25) is 0 Å². The lowest BCUT2D eigenvalue weighted by molar-refractivity contribution is 0.591. The SMILES string of the molecule is Cn1c2ccc(C(C)(C)C)cc2c2cc(C3(c4ccc5c(c4)c4cc(C(C)(C)C)ccc4n5C)c4ccc(-c5ccccc5)nc4-c4nc(-c5ccccc5)ccc43)ccc21. The molecule has 0 unspecified atom stereocenters. The van der Waals surface area contributed by atoms with Gasteiger partial charge in [-0.25, -0.2) is 9.97 Å². The predicted molar refractivity (Wildman–Crippen MR) is 256 cm³/mol. The first-order valence-corrected chi connectivity index (χ1v) is 21.5. The van der Waals surface area contributed by atoms with Crippen molar-refractivity contribution in [2.45, 2.75) is 57.8 Å². The summed E-state index contributed by atoms with van der Waals surface area (Å²) in [6.45, 7) is 13.8. The second-order valence-corrected chi connectivity index (χ2v) is 19.2. The number of hydrogen-bond donors (Lipinski definition) is 0. The number of rotatable bonds is 4. The van der Waals surface area contributed by atoms with E-state index in [1.165, 1.54) is 65.9 Å². The fourth-order valence-electron chi connectivity index (χ4n) is 10.2. The van der Waals surface area contributed by atoms with Gasteiger partial charge in [-0.2, -0.15) is 0 Å². The van der Waals surface area contributed by atoms with E-state index in [1.807, 2.05) is 0 Å². The lowest BCUT2D eigenvalue weighted by Crippen LogP contribution is -2.28. The van der Waals surface area contributed by atoms with Crippen LogP contribution in [-0.4, -0.2) is 19.1 Å². The van der Waals surface area contributed by atoms with Gasteiger partial charge < -0.3 is 9.13 Å². The van der Waals surface area contributed by atoms with E-state index in [1.54, 1.807) is 0 Å². The highest BCUT2D eigenvalue weighted by molar-refractivity contribution is 6.10. The summed E-state index contributed by atoms with van der Waals surface area (Å²) in [5.41, 5.74) is 17.4. The van der Waals surface area contributed by atoms with E-state index >= 15 is 0 Å². The Morgan fingerprint density at radius 2 is 0.754 bits per heavy atom. The summed E-state index contributed by atoms with van der Waals surface area (Å²) in [6, 6.07) is 58.5. The van der Waals surface area contributed by atoms with Gasteiger partial charge in [0.05, 0.1) is 28.2 Å². The molecule has 4 nitrogen and oxygen atoms in total. The molecule has 4 heterocycles. The van der Waals surface area contributed by atoms with Crippen LogP contribution >= 0.6 is 0 Å². The number of aryl methyl sites for hydroxylation is 2. The summed E-state index contributed by atoms with van der Waals surface area (Å²) < 4.78 is 4.70. The molecule has 0 amide bonds. The van der Waals surface area contributed by atoms with Crippen molar-refractivity contribution in [3.63, 3.8) is 0 Å². The Labute approximate surface area is 358 Å². The van der Waals surface area contributed by atoms with Gasteiger partial charge >= 0.3 is 0 Å². The molecule has 0 N–H and O–H groups in total. The van der Waals surface area contributed by atoms with E-state index in [9.17, 15) is 0 Å². The molecule has 0 saturated carbocycles. The Balaban J connectivity index is 1.27. The molecule has 4 heteroatoms. The molecule has 11 rings (SSSR count). The van der Waals surface area contributed by atoms with Crippen LogP contribution in [0.2, 0.25) is 0 Å². The minimum atomic E-state index is -0.731. The normalized spacial score (nSPS) is 13.7. The van der Waals surface area contributed by atoms with E-state index in [-0.39, 0.29) is 10.8 Å². The van der Waals surface area contributed by atoms with Crippen molar-refractivity contribution in [1.82, 2.24) is 19.1 Å². The van der Waals surface area contributed by atoms with Gasteiger partial charge in [-0.15, -0.1) is 0 Å². The fraction of sp³-hybridized carbons (Fsp3) is 0.193. The van der Waals surface area contributed by atoms with Crippen LogP contribution in [0, 0.1) is 0 Å². The van der Waals surface area contributed by atoms with Gasteiger partial charge in [0, 0.05) is 68.8 Å². The zero-order chi connectivity index (χ0) is 42.0. The van der Waals surface area contributed by atoms with Gasteiger partial charge in [-0.1, -0.05) is 139 Å². The molecule has 0 radical (unpaired) electrons. The minimum Gasteiger partial charge on any atom is -0.344 e. The second-order valence-electron chi connectivity index (χ2n) is 19.2. The van der Waals surface area contributed by atoms with Crippen molar-refractivity contribution >= 4 is 43.6 Å². The molecule has 0 bridgehead atoms. The number of pyridine rings is 2. The quantitative estimate of drug-likeness (QED) is 0.178. The molecule has 10 aromatic rings. The van der Waals surface area contributed by atoms with Crippen molar-refractivity contribution in [3.8, 4) is 33.9 Å². The predicted octanol–water partition coefficient (Wildman–Crippen LogP) is 14.1. The summed E-state index contributed by atoms with van der Waals surface area (Å²) in [7, 11) is 4.39. The van der Waals surface area contributed by atoms with Crippen molar-refractivity contribution < 1.29 is 0 Å². The third kappa shape index (κ3) is 5.51. The summed E-state index contributed by atoms with van der Waals surface area (Å²) in [4.78, 5) is 11.2. The average molecular weight is 791 g/mol. The Kier molecular flexibility index (Phi) is 8.00. The van der Waals surface area contributed by atoms with Gasteiger partial charge in [0.25, 0.3) is 0 Å². The molecule has 61 heavy (non-hydrogen) atoms. The number of hydrogen-bond acceptors (Lipinski definition) is 2. The van der Waals surface area contributed by atoms with Crippen molar-refractivity contribution in [2.24, 2.45) is 14.1 Å². The molecular weight excluding hydrogens is 741 g/mol. The maximum absolute atomic E-state index is 5.59. The van der Waals surface area contributed by atoms with Crippen LogP contribution in [-0.2, 0) is 30.3 Å². The molecule has 0 atom stereocenters. The van der Waals surface area contributed by atoms with E-state index in [0.717, 1.165) is 45.0 Å². The first-order chi connectivity index (χ1) is 29.3. The lowest BCUT2D eigenvalue weighted by Gasteiger charge is -2.33. The fourth-order valence-corrected chi connectivity index (χ4v) is 10.2. The van der Waals surface area contributed by atoms with Crippen LogP contribution in [0.15, 0.2) is 158 Å². The van der Waals surface area contributed by atoms with Gasteiger partial charge in [0.1, 0.15) is 0 Å². The van der Waals surface area contributed by atoms with Crippen LogP contribution in [0.3, 0.4) is 0 Å². The molecule has 0 aliphatic heterocycles. The third-order valence-electron chi connectivity index (χ3n) is 13.6. The first kappa shape index (κ1) is 37.2. The molecular formula is C57H50N4. The van der Waals surface area contributed by atoms with Crippen LogP contribution in [0.5, 0.6) is 0 Å². The molecule has 6 aromatic carbocycles. The molecule has 0 saturated heterocycles. The lowest BCUT2D eigenvalue weighted by atomic mass is 9.67. The summed E-state index contributed by atoms with van der Waals surface area (Å²) >= 11 is 0.